The summed E-state index contributed by atoms with van der Waals surface area (Å²) in [6, 6.07) is 14.3. The highest BCUT2D eigenvalue weighted by atomic mass is 16.5. The number of ether oxygens (including phenoxy) is 1. The quantitative estimate of drug-likeness (QED) is 0.768. The van der Waals surface area contributed by atoms with Crippen LogP contribution in [0, 0.1) is 0 Å². The topological polar surface area (TPSA) is 78.9 Å². The maximum absolute atomic E-state index is 11.5. The smallest absolute Gasteiger partial charge is 0.335 e. The number of carboxylic acids is 1. The molecule has 2 rings (SSSR count). The molecule has 0 fully saturated rings. The summed E-state index contributed by atoms with van der Waals surface area (Å²) in [5, 5.41) is 12.2. The van der Waals surface area contributed by atoms with Gasteiger partial charge in [-0.1, -0.05) is 24.3 Å². The number of benzene rings is 2. The number of rotatable bonds is 8. The summed E-state index contributed by atoms with van der Waals surface area (Å²) in [7, 11) is 3.38. The lowest BCUT2D eigenvalue weighted by Gasteiger charge is -2.12. The fourth-order valence-electron chi connectivity index (χ4n) is 2.14. The minimum Gasteiger partial charge on any atom is -0.484 e. The standard InChI is InChI=1S/C19H22N2O4/c1-21(2)18(22)13-25-17-5-3-4-15(10-17)12-20-11-14-6-8-16(9-7-14)19(23)24/h3-10,20H,11-13H2,1-2H3,(H,23,24). The fraction of sp³-hybridized carbons (Fsp3) is 0.263. The zero-order valence-corrected chi connectivity index (χ0v) is 14.4. The molecular formula is C19H22N2O4. The molecule has 0 atom stereocenters. The number of hydrogen-bond donors (Lipinski definition) is 2. The van der Waals surface area contributed by atoms with Crippen molar-refractivity contribution in [1.29, 1.82) is 0 Å². The lowest BCUT2D eigenvalue weighted by Crippen LogP contribution is -2.27. The van der Waals surface area contributed by atoms with Gasteiger partial charge in [-0.2, -0.15) is 0 Å². The van der Waals surface area contributed by atoms with E-state index in [0.29, 0.717) is 18.8 Å². The van der Waals surface area contributed by atoms with Crippen molar-refractivity contribution in [3.05, 3.63) is 65.2 Å². The van der Waals surface area contributed by atoms with Gasteiger partial charge in [0, 0.05) is 27.2 Å². The first-order valence-corrected chi connectivity index (χ1v) is 7.90. The van der Waals surface area contributed by atoms with E-state index in [-0.39, 0.29) is 18.1 Å². The van der Waals surface area contributed by atoms with Crippen LogP contribution in [0.15, 0.2) is 48.5 Å². The predicted octanol–water partition coefficient (Wildman–Crippen LogP) is 2.14. The Kier molecular flexibility index (Phi) is 6.54. The molecule has 0 spiro atoms. The van der Waals surface area contributed by atoms with E-state index in [4.69, 9.17) is 9.84 Å². The highest BCUT2D eigenvalue weighted by molar-refractivity contribution is 5.87. The van der Waals surface area contributed by atoms with Gasteiger partial charge in [-0.25, -0.2) is 4.79 Å². The van der Waals surface area contributed by atoms with Gasteiger partial charge in [0.1, 0.15) is 5.75 Å². The van der Waals surface area contributed by atoms with Crippen LogP contribution in [0.2, 0.25) is 0 Å². The zero-order valence-electron chi connectivity index (χ0n) is 14.4. The number of likely N-dealkylation sites (N-methyl/N-ethyl adjacent to an activating group) is 1. The molecule has 0 radical (unpaired) electrons. The number of carboxylic acid groups (broad SMARTS) is 1. The fourth-order valence-corrected chi connectivity index (χ4v) is 2.14. The van der Waals surface area contributed by atoms with Gasteiger partial charge in [-0.15, -0.1) is 0 Å². The molecule has 0 aliphatic carbocycles. The molecular weight excluding hydrogens is 320 g/mol. The van der Waals surface area contributed by atoms with Crippen LogP contribution >= 0.6 is 0 Å². The molecule has 0 saturated heterocycles. The second-order valence-electron chi connectivity index (χ2n) is 5.83. The van der Waals surface area contributed by atoms with Gasteiger partial charge in [0.15, 0.2) is 6.61 Å². The third-order valence-corrected chi connectivity index (χ3v) is 3.62. The van der Waals surface area contributed by atoms with Crippen molar-refractivity contribution in [2.24, 2.45) is 0 Å². The lowest BCUT2D eigenvalue weighted by molar-refractivity contribution is -0.130. The molecule has 0 aromatic heterocycles. The van der Waals surface area contributed by atoms with Gasteiger partial charge in [0.2, 0.25) is 0 Å². The van der Waals surface area contributed by atoms with Gasteiger partial charge in [-0.05, 0) is 35.4 Å². The van der Waals surface area contributed by atoms with Crippen molar-refractivity contribution < 1.29 is 19.4 Å². The summed E-state index contributed by atoms with van der Waals surface area (Å²) in [6.45, 7) is 1.28. The van der Waals surface area contributed by atoms with E-state index in [1.807, 2.05) is 24.3 Å². The minimum absolute atomic E-state index is 0.0137. The molecule has 2 N–H and O–H groups in total. The minimum atomic E-state index is -0.927. The summed E-state index contributed by atoms with van der Waals surface area (Å²) in [4.78, 5) is 23.9. The number of nitrogens with one attached hydrogen (secondary N) is 1. The van der Waals surface area contributed by atoms with E-state index >= 15 is 0 Å². The summed E-state index contributed by atoms with van der Waals surface area (Å²) >= 11 is 0. The molecule has 0 aliphatic rings. The summed E-state index contributed by atoms with van der Waals surface area (Å²) in [5.74, 6) is -0.363. The van der Waals surface area contributed by atoms with Crippen LogP contribution in [-0.2, 0) is 17.9 Å². The summed E-state index contributed by atoms with van der Waals surface area (Å²) in [5.41, 5.74) is 2.33. The van der Waals surface area contributed by atoms with Crippen LogP contribution in [0.1, 0.15) is 21.5 Å². The molecule has 0 heterocycles. The van der Waals surface area contributed by atoms with Gasteiger partial charge < -0.3 is 20.1 Å². The predicted molar refractivity (Wildman–Crippen MR) is 94.6 cm³/mol. The summed E-state index contributed by atoms with van der Waals surface area (Å²) in [6.07, 6.45) is 0. The molecule has 2 aromatic rings. The third-order valence-electron chi connectivity index (χ3n) is 3.62. The van der Waals surface area contributed by atoms with Crippen LogP contribution in [-0.4, -0.2) is 42.6 Å². The van der Waals surface area contributed by atoms with Crippen LogP contribution < -0.4 is 10.1 Å². The Balaban J connectivity index is 1.83. The monoisotopic (exact) mass is 342 g/mol. The van der Waals surface area contributed by atoms with Crippen molar-refractivity contribution in [3.8, 4) is 5.75 Å². The van der Waals surface area contributed by atoms with Crippen molar-refractivity contribution in [2.75, 3.05) is 20.7 Å². The van der Waals surface area contributed by atoms with Gasteiger partial charge in [0.05, 0.1) is 5.56 Å². The summed E-state index contributed by atoms with van der Waals surface area (Å²) < 4.78 is 5.50. The second-order valence-corrected chi connectivity index (χ2v) is 5.83. The van der Waals surface area contributed by atoms with Crippen LogP contribution in [0.4, 0.5) is 0 Å². The molecule has 25 heavy (non-hydrogen) atoms. The Morgan fingerprint density at radius 3 is 2.36 bits per heavy atom. The van der Waals surface area contributed by atoms with Gasteiger partial charge in [0.25, 0.3) is 5.91 Å². The first-order valence-electron chi connectivity index (χ1n) is 7.90. The van der Waals surface area contributed by atoms with Crippen molar-refractivity contribution in [2.45, 2.75) is 13.1 Å². The van der Waals surface area contributed by atoms with Gasteiger partial charge in [-0.3, -0.25) is 4.79 Å². The highest BCUT2D eigenvalue weighted by Gasteiger charge is 2.05. The molecule has 6 nitrogen and oxygen atoms in total. The van der Waals surface area contributed by atoms with Crippen molar-refractivity contribution in [3.63, 3.8) is 0 Å². The second kappa shape index (κ2) is 8.84. The molecule has 0 aliphatic heterocycles. The molecule has 0 saturated carbocycles. The van der Waals surface area contributed by atoms with Crippen LogP contribution in [0.5, 0.6) is 5.75 Å². The lowest BCUT2D eigenvalue weighted by atomic mass is 10.1. The molecule has 132 valence electrons. The Morgan fingerprint density at radius 2 is 1.72 bits per heavy atom. The first-order chi connectivity index (χ1) is 12.0. The third kappa shape index (κ3) is 5.93. The normalized spacial score (nSPS) is 10.3. The maximum Gasteiger partial charge on any atom is 0.335 e. The van der Waals surface area contributed by atoms with Crippen molar-refractivity contribution in [1.82, 2.24) is 10.2 Å². The van der Waals surface area contributed by atoms with E-state index in [0.717, 1.165) is 11.1 Å². The first kappa shape index (κ1) is 18.5. The molecule has 0 unspecified atom stereocenters. The number of carbonyl (C=O) groups excluding carboxylic acids is 1. The van der Waals surface area contributed by atoms with Crippen LogP contribution in [0.3, 0.4) is 0 Å². The average molecular weight is 342 g/mol. The molecule has 2 aromatic carbocycles. The van der Waals surface area contributed by atoms with E-state index in [9.17, 15) is 9.59 Å². The van der Waals surface area contributed by atoms with E-state index in [1.165, 1.54) is 4.90 Å². The number of amides is 1. The highest BCUT2D eigenvalue weighted by Crippen LogP contribution is 2.13. The molecule has 0 bridgehead atoms. The number of hydrogen-bond acceptors (Lipinski definition) is 4. The van der Waals surface area contributed by atoms with E-state index in [1.54, 1.807) is 38.4 Å². The molecule has 1 amide bonds. The van der Waals surface area contributed by atoms with E-state index < -0.39 is 5.97 Å². The number of carbonyl (C=O) groups is 2. The van der Waals surface area contributed by atoms with Crippen molar-refractivity contribution >= 4 is 11.9 Å². The van der Waals surface area contributed by atoms with E-state index in [2.05, 4.69) is 5.32 Å². The Bertz CT molecular complexity index is 726. The van der Waals surface area contributed by atoms with Crippen LogP contribution in [0.25, 0.3) is 0 Å². The maximum atomic E-state index is 11.5. The largest absolute Gasteiger partial charge is 0.484 e. The number of aromatic carboxylic acids is 1. The Morgan fingerprint density at radius 1 is 1.04 bits per heavy atom. The van der Waals surface area contributed by atoms with Gasteiger partial charge >= 0.3 is 5.97 Å². The Labute approximate surface area is 147 Å². The average Bonchev–Trinajstić information content (AvgIpc) is 2.60. The number of nitrogens with zero attached hydrogens (tertiary/aromatic N) is 1. The SMILES string of the molecule is CN(C)C(=O)COc1cccc(CNCc2ccc(C(=O)O)cc2)c1. The Hall–Kier alpha value is -2.86. The molecule has 6 heteroatoms. The zero-order chi connectivity index (χ0) is 18.2.